The molecule has 0 radical (unpaired) electrons. The Kier molecular flexibility index (Phi) is 5.43. The van der Waals surface area contributed by atoms with Crippen molar-refractivity contribution in [2.45, 2.75) is 25.3 Å². The molecule has 5 amide bonds. The van der Waals surface area contributed by atoms with E-state index in [0.717, 1.165) is 29.7 Å². The zero-order valence-electron chi connectivity index (χ0n) is 16.5. The predicted octanol–water partition coefficient (Wildman–Crippen LogP) is 1.49. The van der Waals surface area contributed by atoms with Crippen molar-refractivity contribution in [3.63, 3.8) is 0 Å². The van der Waals surface area contributed by atoms with E-state index in [9.17, 15) is 19.2 Å². The van der Waals surface area contributed by atoms with Crippen molar-refractivity contribution in [2.75, 3.05) is 32.8 Å². The van der Waals surface area contributed by atoms with Crippen LogP contribution in [0.15, 0.2) is 30.9 Å². The summed E-state index contributed by atoms with van der Waals surface area (Å²) >= 11 is 0. The zero-order valence-corrected chi connectivity index (χ0v) is 16.5. The van der Waals surface area contributed by atoms with Gasteiger partial charge >= 0.3 is 17.8 Å². The molecule has 2 fully saturated rings. The van der Waals surface area contributed by atoms with Gasteiger partial charge in [0.15, 0.2) is 11.5 Å². The van der Waals surface area contributed by atoms with Gasteiger partial charge in [0.25, 0.3) is 0 Å². The van der Waals surface area contributed by atoms with Crippen LogP contribution in [0.4, 0.5) is 4.79 Å². The summed E-state index contributed by atoms with van der Waals surface area (Å²) in [5.74, 6) is -0.962. The third-order valence-corrected chi connectivity index (χ3v) is 5.47. The van der Waals surface area contributed by atoms with E-state index in [1.165, 1.54) is 6.08 Å². The number of rotatable bonds is 5. The number of benzene rings is 1. The molecular weight excluding hydrogens is 390 g/mol. The molecule has 0 saturated carbocycles. The van der Waals surface area contributed by atoms with Crippen molar-refractivity contribution in [1.29, 1.82) is 0 Å². The Bertz CT molecular complexity index is 914. The highest BCUT2D eigenvalue weighted by molar-refractivity contribution is 6.45. The first-order valence-corrected chi connectivity index (χ1v) is 9.98. The number of carbonyl (C=O) groups is 4. The Labute approximate surface area is 173 Å². The number of likely N-dealkylation sites (tertiary alicyclic amines) is 1. The third kappa shape index (κ3) is 3.51. The number of fused-ring (bicyclic) bond motifs is 1. The second-order valence-electron chi connectivity index (χ2n) is 7.38. The second kappa shape index (κ2) is 8.17. The Balaban J connectivity index is 1.50. The first kappa shape index (κ1) is 19.9. The van der Waals surface area contributed by atoms with Crippen LogP contribution in [0.3, 0.4) is 0 Å². The molecule has 9 heteroatoms. The maximum atomic E-state index is 13.0. The number of carbonyl (C=O) groups excluding carboxylic acids is 4. The van der Waals surface area contributed by atoms with Crippen LogP contribution in [0.5, 0.6) is 11.5 Å². The van der Waals surface area contributed by atoms with Gasteiger partial charge in [-0.15, -0.1) is 6.58 Å². The number of amides is 5. The topological polar surface area (TPSA) is 96.5 Å². The van der Waals surface area contributed by atoms with Crippen molar-refractivity contribution in [2.24, 2.45) is 0 Å². The fourth-order valence-corrected chi connectivity index (χ4v) is 4.00. The molecule has 0 N–H and O–H groups in total. The maximum absolute atomic E-state index is 13.0. The van der Waals surface area contributed by atoms with Gasteiger partial charge in [-0.2, -0.15) is 0 Å². The molecule has 2 saturated heterocycles. The summed E-state index contributed by atoms with van der Waals surface area (Å²) in [5, 5.41) is 0. The minimum Gasteiger partial charge on any atom is -0.490 e. The molecule has 0 spiro atoms. The summed E-state index contributed by atoms with van der Waals surface area (Å²) < 4.78 is 11.4. The van der Waals surface area contributed by atoms with E-state index < -0.39 is 24.4 Å². The highest BCUT2D eigenvalue weighted by Gasteiger charge is 2.45. The van der Waals surface area contributed by atoms with E-state index in [2.05, 4.69) is 6.58 Å². The summed E-state index contributed by atoms with van der Waals surface area (Å²) in [6.07, 6.45) is 3.72. The first-order chi connectivity index (χ1) is 14.5. The predicted molar refractivity (Wildman–Crippen MR) is 105 cm³/mol. The van der Waals surface area contributed by atoms with Gasteiger partial charge in [0.2, 0.25) is 5.91 Å². The van der Waals surface area contributed by atoms with Crippen molar-refractivity contribution in [3.8, 4) is 11.5 Å². The first-order valence-electron chi connectivity index (χ1n) is 9.98. The van der Waals surface area contributed by atoms with E-state index in [1.807, 2.05) is 18.2 Å². The number of nitrogens with zero attached hydrogens (tertiary/aromatic N) is 3. The van der Waals surface area contributed by atoms with Crippen LogP contribution >= 0.6 is 0 Å². The molecule has 3 aliphatic rings. The fraction of sp³-hybridized carbons (Fsp3) is 0.429. The van der Waals surface area contributed by atoms with Crippen LogP contribution in [0, 0.1) is 0 Å². The number of ether oxygens (including phenoxy) is 2. The average molecular weight is 413 g/mol. The summed E-state index contributed by atoms with van der Waals surface area (Å²) in [7, 11) is 0. The number of urea groups is 1. The molecule has 1 aromatic rings. The Hall–Kier alpha value is -3.36. The molecule has 0 aliphatic carbocycles. The fourth-order valence-electron chi connectivity index (χ4n) is 4.00. The van der Waals surface area contributed by atoms with E-state index >= 15 is 0 Å². The third-order valence-electron chi connectivity index (χ3n) is 5.47. The van der Waals surface area contributed by atoms with Crippen LogP contribution in [0.2, 0.25) is 0 Å². The molecule has 158 valence electrons. The zero-order chi connectivity index (χ0) is 21.3. The highest BCUT2D eigenvalue weighted by atomic mass is 16.5. The number of imide groups is 2. The molecule has 1 atom stereocenters. The van der Waals surface area contributed by atoms with Gasteiger partial charge in [-0.1, -0.05) is 12.1 Å². The van der Waals surface area contributed by atoms with Crippen LogP contribution < -0.4 is 9.47 Å². The van der Waals surface area contributed by atoms with Crippen LogP contribution in [0.25, 0.3) is 0 Å². The second-order valence-corrected chi connectivity index (χ2v) is 7.38. The van der Waals surface area contributed by atoms with E-state index in [1.54, 1.807) is 4.90 Å². The normalized spacial score (nSPS) is 21.3. The molecule has 0 aromatic heterocycles. The summed E-state index contributed by atoms with van der Waals surface area (Å²) in [6, 6.07) is 4.66. The quantitative estimate of drug-likeness (QED) is 0.412. The molecule has 1 aromatic carbocycles. The molecule has 3 heterocycles. The van der Waals surface area contributed by atoms with Crippen molar-refractivity contribution < 1.29 is 28.7 Å². The lowest BCUT2D eigenvalue weighted by Gasteiger charge is -2.27. The van der Waals surface area contributed by atoms with E-state index in [4.69, 9.17) is 9.47 Å². The molecule has 4 rings (SSSR count). The summed E-state index contributed by atoms with van der Waals surface area (Å²) in [6.45, 7) is 4.62. The van der Waals surface area contributed by atoms with Gasteiger partial charge in [-0.05, 0) is 30.5 Å². The van der Waals surface area contributed by atoms with E-state index in [0.29, 0.717) is 36.2 Å². The average Bonchev–Trinajstić information content (AvgIpc) is 3.21. The van der Waals surface area contributed by atoms with Crippen molar-refractivity contribution in [1.82, 2.24) is 14.7 Å². The van der Waals surface area contributed by atoms with Crippen molar-refractivity contribution >= 4 is 23.8 Å². The molecule has 3 aliphatic heterocycles. The monoisotopic (exact) mass is 413 g/mol. The Morgan fingerprint density at radius 2 is 1.80 bits per heavy atom. The van der Waals surface area contributed by atoms with Gasteiger partial charge in [0.05, 0.1) is 19.3 Å². The molecule has 9 nitrogen and oxygen atoms in total. The van der Waals surface area contributed by atoms with Gasteiger partial charge in [0, 0.05) is 19.5 Å². The number of hydrogen-bond acceptors (Lipinski definition) is 6. The lowest BCUT2D eigenvalue weighted by molar-refractivity contribution is -0.145. The maximum Gasteiger partial charge on any atom is 0.335 e. The van der Waals surface area contributed by atoms with Crippen LogP contribution in [-0.4, -0.2) is 71.3 Å². The Morgan fingerprint density at radius 3 is 2.57 bits per heavy atom. The summed E-state index contributed by atoms with van der Waals surface area (Å²) in [4.78, 5) is 52.6. The van der Waals surface area contributed by atoms with Gasteiger partial charge in [-0.25, -0.2) is 9.69 Å². The molecular formula is C21H23N3O6. The standard InChI is InChI=1S/C21H23N3O6/c1-2-8-23-19(26)20(27)24(21(23)28)13-18(25)22-9-3-5-15(22)14-6-7-16-17(12-14)30-11-4-10-29-16/h2,6-7,12,15H,1,3-5,8-11,13H2/t15-/m0/s1. The minimum atomic E-state index is -0.985. The van der Waals surface area contributed by atoms with Crippen LogP contribution in [0.1, 0.15) is 30.9 Å². The molecule has 30 heavy (non-hydrogen) atoms. The highest BCUT2D eigenvalue weighted by Crippen LogP contribution is 2.38. The van der Waals surface area contributed by atoms with Crippen molar-refractivity contribution in [3.05, 3.63) is 36.4 Å². The Morgan fingerprint density at radius 1 is 1.07 bits per heavy atom. The minimum absolute atomic E-state index is 0.0718. The smallest absolute Gasteiger partial charge is 0.335 e. The van der Waals surface area contributed by atoms with Gasteiger partial charge < -0.3 is 14.4 Å². The van der Waals surface area contributed by atoms with E-state index in [-0.39, 0.29) is 18.5 Å². The van der Waals surface area contributed by atoms with Gasteiger partial charge in [0.1, 0.15) is 6.54 Å². The SMILES string of the molecule is C=CCN1C(=O)C(=O)N(CC(=O)N2CCC[C@H]2c2ccc3c(c2)OCCCO3)C1=O. The van der Waals surface area contributed by atoms with Gasteiger partial charge in [-0.3, -0.25) is 19.3 Å². The molecule has 0 unspecified atom stereocenters. The molecule has 0 bridgehead atoms. The van der Waals surface area contributed by atoms with Crippen LogP contribution in [-0.2, 0) is 14.4 Å². The lowest BCUT2D eigenvalue weighted by atomic mass is 10.0. The summed E-state index contributed by atoms with van der Waals surface area (Å²) in [5.41, 5.74) is 0.911. The number of hydrogen-bond donors (Lipinski definition) is 0. The lowest BCUT2D eigenvalue weighted by Crippen LogP contribution is -2.43. The largest absolute Gasteiger partial charge is 0.490 e.